The molecule has 0 aliphatic heterocycles. The van der Waals surface area contributed by atoms with Crippen molar-refractivity contribution in [2.24, 2.45) is 0 Å². The third kappa shape index (κ3) is 4.31. The van der Waals surface area contributed by atoms with E-state index in [-0.39, 0.29) is 5.91 Å². The second-order valence-electron chi connectivity index (χ2n) is 5.01. The third-order valence-electron chi connectivity index (χ3n) is 3.47. The molecule has 4 nitrogen and oxygen atoms in total. The number of carbonyl (C=O) groups is 1. The molecule has 5 heteroatoms. The smallest absolute Gasteiger partial charge is 0.252 e. The Balaban J connectivity index is 1.92. The molecule has 0 saturated carbocycles. The molecule has 2 aromatic rings. The van der Waals surface area contributed by atoms with Crippen LogP contribution >= 0.6 is 15.9 Å². The van der Waals surface area contributed by atoms with E-state index >= 15 is 0 Å². The number of aryl methyl sites for hydroxylation is 1. The summed E-state index contributed by atoms with van der Waals surface area (Å²) in [5.41, 5.74) is 3.02. The van der Waals surface area contributed by atoms with Crippen LogP contribution in [0.1, 0.15) is 22.8 Å². The Morgan fingerprint density at radius 2 is 2.09 bits per heavy atom. The molecular formula is C17H20BrN3O. The largest absolute Gasteiger partial charge is 0.370 e. The Labute approximate surface area is 139 Å². The first-order valence-corrected chi connectivity index (χ1v) is 8.10. The summed E-state index contributed by atoms with van der Waals surface area (Å²) >= 11 is 3.32. The molecule has 0 fully saturated rings. The Bertz CT molecular complexity index is 645. The van der Waals surface area contributed by atoms with Gasteiger partial charge >= 0.3 is 0 Å². The highest BCUT2D eigenvalue weighted by Crippen LogP contribution is 2.18. The number of pyridine rings is 1. The molecule has 116 valence electrons. The predicted octanol–water partition coefficient (Wildman–Crippen LogP) is 3.41. The van der Waals surface area contributed by atoms with E-state index in [9.17, 15) is 4.79 Å². The molecule has 0 aliphatic carbocycles. The summed E-state index contributed by atoms with van der Waals surface area (Å²) in [5.74, 6) is -0.102. The number of amides is 1. The van der Waals surface area contributed by atoms with Crippen molar-refractivity contribution in [3.63, 3.8) is 0 Å². The van der Waals surface area contributed by atoms with Crippen LogP contribution in [0, 0.1) is 6.92 Å². The molecule has 1 aromatic heterocycles. The highest BCUT2D eigenvalue weighted by Gasteiger charge is 2.09. The van der Waals surface area contributed by atoms with Crippen molar-refractivity contribution in [2.75, 3.05) is 24.5 Å². The van der Waals surface area contributed by atoms with Crippen LogP contribution in [0.3, 0.4) is 0 Å². The average Bonchev–Trinajstić information content (AvgIpc) is 2.52. The summed E-state index contributed by atoms with van der Waals surface area (Å²) in [6.45, 7) is 6.48. The maximum absolute atomic E-state index is 12.1. The molecule has 0 radical (unpaired) electrons. The standard InChI is InChI=1S/C17H20BrN3O/c1-3-21(16-7-5-4-6-13(16)2)9-8-20-17(22)14-10-15(18)12-19-11-14/h4-7,10-12H,3,8-9H2,1-2H3,(H,20,22). The van der Waals surface area contributed by atoms with Crippen molar-refractivity contribution >= 4 is 27.5 Å². The van der Waals surface area contributed by atoms with Gasteiger partial charge in [0.05, 0.1) is 5.56 Å². The molecule has 0 unspecified atom stereocenters. The van der Waals surface area contributed by atoms with Crippen molar-refractivity contribution in [1.82, 2.24) is 10.3 Å². The van der Waals surface area contributed by atoms with Gasteiger partial charge in [-0.2, -0.15) is 0 Å². The summed E-state index contributed by atoms with van der Waals surface area (Å²) in [7, 11) is 0. The number of nitrogens with zero attached hydrogens (tertiary/aromatic N) is 2. The van der Waals surface area contributed by atoms with Crippen molar-refractivity contribution in [1.29, 1.82) is 0 Å². The molecule has 0 saturated heterocycles. The number of hydrogen-bond donors (Lipinski definition) is 1. The lowest BCUT2D eigenvalue weighted by Gasteiger charge is -2.25. The van der Waals surface area contributed by atoms with Gasteiger partial charge in [-0.1, -0.05) is 18.2 Å². The maximum atomic E-state index is 12.1. The lowest BCUT2D eigenvalue weighted by atomic mass is 10.2. The molecule has 1 heterocycles. The Morgan fingerprint density at radius 1 is 1.32 bits per heavy atom. The zero-order valence-electron chi connectivity index (χ0n) is 12.8. The number of anilines is 1. The minimum absolute atomic E-state index is 0.102. The molecule has 0 aliphatic rings. The molecule has 1 amide bonds. The zero-order valence-corrected chi connectivity index (χ0v) is 14.4. The van der Waals surface area contributed by atoms with Crippen LogP contribution in [-0.4, -0.2) is 30.5 Å². The fourth-order valence-electron chi connectivity index (χ4n) is 2.31. The molecule has 0 bridgehead atoms. The van der Waals surface area contributed by atoms with Crippen LogP contribution in [0.5, 0.6) is 0 Å². The van der Waals surface area contributed by atoms with Crippen molar-refractivity contribution in [3.8, 4) is 0 Å². The van der Waals surface area contributed by atoms with Gasteiger partial charge in [-0.05, 0) is 47.5 Å². The normalized spacial score (nSPS) is 10.3. The minimum Gasteiger partial charge on any atom is -0.370 e. The summed E-state index contributed by atoms with van der Waals surface area (Å²) < 4.78 is 0.801. The van der Waals surface area contributed by atoms with E-state index in [1.54, 1.807) is 18.5 Å². The second kappa shape index (κ2) is 7.94. The van der Waals surface area contributed by atoms with E-state index in [4.69, 9.17) is 0 Å². The van der Waals surface area contributed by atoms with Crippen LogP contribution in [0.25, 0.3) is 0 Å². The van der Waals surface area contributed by atoms with E-state index < -0.39 is 0 Å². The SMILES string of the molecule is CCN(CCNC(=O)c1cncc(Br)c1)c1ccccc1C. The summed E-state index contributed by atoms with van der Waals surface area (Å²) in [5, 5.41) is 2.94. The quantitative estimate of drug-likeness (QED) is 0.857. The highest BCUT2D eigenvalue weighted by atomic mass is 79.9. The topological polar surface area (TPSA) is 45.2 Å². The Kier molecular flexibility index (Phi) is 5.95. The summed E-state index contributed by atoms with van der Waals surface area (Å²) in [6.07, 6.45) is 3.23. The van der Waals surface area contributed by atoms with Gasteiger partial charge in [0.15, 0.2) is 0 Å². The van der Waals surface area contributed by atoms with Crippen LogP contribution < -0.4 is 10.2 Å². The van der Waals surface area contributed by atoms with E-state index in [0.717, 1.165) is 17.6 Å². The third-order valence-corrected chi connectivity index (χ3v) is 3.91. The van der Waals surface area contributed by atoms with Crippen molar-refractivity contribution in [2.45, 2.75) is 13.8 Å². The first kappa shape index (κ1) is 16.5. The van der Waals surface area contributed by atoms with E-state index in [1.165, 1.54) is 11.3 Å². The van der Waals surface area contributed by atoms with Gasteiger partial charge in [0.25, 0.3) is 5.91 Å². The number of benzene rings is 1. The van der Waals surface area contributed by atoms with Gasteiger partial charge in [0.2, 0.25) is 0 Å². The van der Waals surface area contributed by atoms with Crippen molar-refractivity contribution < 1.29 is 4.79 Å². The Morgan fingerprint density at radius 3 is 2.77 bits per heavy atom. The molecular weight excluding hydrogens is 342 g/mol. The van der Waals surface area contributed by atoms with E-state index in [1.807, 2.05) is 12.1 Å². The first-order chi connectivity index (χ1) is 10.6. The lowest BCUT2D eigenvalue weighted by molar-refractivity contribution is 0.0954. The minimum atomic E-state index is -0.102. The molecule has 1 aromatic carbocycles. The Hall–Kier alpha value is -1.88. The fourth-order valence-corrected chi connectivity index (χ4v) is 2.67. The van der Waals surface area contributed by atoms with Gasteiger partial charge in [-0.25, -0.2) is 0 Å². The van der Waals surface area contributed by atoms with Crippen LogP contribution in [0.4, 0.5) is 5.69 Å². The lowest BCUT2D eigenvalue weighted by Crippen LogP contribution is -2.35. The number of rotatable bonds is 6. The van der Waals surface area contributed by atoms with Gasteiger partial charge in [0, 0.05) is 42.2 Å². The zero-order chi connectivity index (χ0) is 15.9. The number of para-hydroxylation sites is 1. The molecule has 2 rings (SSSR count). The van der Waals surface area contributed by atoms with Gasteiger partial charge < -0.3 is 10.2 Å². The highest BCUT2D eigenvalue weighted by molar-refractivity contribution is 9.10. The van der Waals surface area contributed by atoms with Gasteiger partial charge in [-0.3, -0.25) is 9.78 Å². The van der Waals surface area contributed by atoms with Gasteiger partial charge in [-0.15, -0.1) is 0 Å². The number of nitrogens with one attached hydrogen (secondary N) is 1. The van der Waals surface area contributed by atoms with E-state index in [2.05, 4.69) is 57.1 Å². The van der Waals surface area contributed by atoms with E-state index in [0.29, 0.717) is 12.1 Å². The number of carbonyl (C=O) groups excluding carboxylic acids is 1. The molecule has 1 N–H and O–H groups in total. The number of halogens is 1. The molecule has 0 atom stereocenters. The summed E-state index contributed by atoms with van der Waals surface area (Å²) in [4.78, 5) is 18.3. The van der Waals surface area contributed by atoms with Crippen LogP contribution in [-0.2, 0) is 0 Å². The number of likely N-dealkylation sites (N-methyl/N-ethyl adjacent to an activating group) is 1. The second-order valence-corrected chi connectivity index (χ2v) is 5.93. The first-order valence-electron chi connectivity index (χ1n) is 7.31. The molecule has 22 heavy (non-hydrogen) atoms. The fraction of sp³-hybridized carbons (Fsp3) is 0.294. The summed E-state index contributed by atoms with van der Waals surface area (Å²) in [6, 6.07) is 10.1. The van der Waals surface area contributed by atoms with Crippen LogP contribution in [0.2, 0.25) is 0 Å². The number of hydrogen-bond acceptors (Lipinski definition) is 3. The maximum Gasteiger partial charge on any atom is 0.252 e. The van der Waals surface area contributed by atoms with Crippen LogP contribution in [0.15, 0.2) is 47.2 Å². The molecule has 0 spiro atoms. The number of aromatic nitrogens is 1. The predicted molar refractivity (Wildman–Crippen MR) is 93.3 cm³/mol. The monoisotopic (exact) mass is 361 g/mol. The average molecular weight is 362 g/mol. The van der Waals surface area contributed by atoms with Crippen molar-refractivity contribution in [3.05, 3.63) is 58.3 Å². The van der Waals surface area contributed by atoms with Gasteiger partial charge in [0.1, 0.15) is 0 Å².